The summed E-state index contributed by atoms with van der Waals surface area (Å²) in [5.74, 6) is 0. The first-order valence-electron chi connectivity index (χ1n) is 4.43. The molecule has 0 spiro atoms. The Balaban J connectivity index is 2.32. The van der Waals surface area contributed by atoms with E-state index in [1.807, 2.05) is 6.07 Å². The van der Waals surface area contributed by atoms with Crippen LogP contribution in [0.15, 0.2) is 21.4 Å². The van der Waals surface area contributed by atoms with Gasteiger partial charge in [-0.25, -0.2) is 0 Å². The monoisotopic (exact) mass is 350 g/mol. The highest BCUT2D eigenvalue weighted by atomic mass is 79.9. The quantitative estimate of drug-likeness (QED) is 0.769. The molecule has 0 aliphatic carbocycles. The van der Waals surface area contributed by atoms with Crippen molar-refractivity contribution in [3.05, 3.63) is 22.0 Å². The fraction of sp³-hybridized carbons (Fsp3) is 0.333. The summed E-state index contributed by atoms with van der Waals surface area (Å²) in [7, 11) is 0. The highest BCUT2D eigenvalue weighted by Crippen LogP contribution is 2.35. The van der Waals surface area contributed by atoms with Crippen molar-refractivity contribution in [1.82, 2.24) is 10.2 Å². The minimum absolute atomic E-state index is 0.287. The van der Waals surface area contributed by atoms with Crippen molar-refractivity contribution in [2.45, 2.75) is 18.2 Å². The minimum atomic E-state index is 0.287. The maximum absolute atomic E-state index is 5.16. The Bertz CT molecular complexity index is 454. The van der Waals surface area contributed by atoms with E-state index in [0.29, 0.717) is 4.67 Å². The molecule has 0 aromatic carbocycles. The molecule has 1 unspecified atom stereocenters. The highest BCUT2D eigenvalue weighted by molar-refractivity contribution is 9.10. The first-order valence-corrected chi connectivity index (χ1v) is 6.95. The average molecular weight is 352 g/mol. The summed E-state index contributed by atoms with van der Waals surface area (Å²) in [5.41, 5.74) is 0.953. The molecule has 1 atom stereocenters. The molecule has 15 heavy (non-hydrogen) atoms. The van der Waals surface area contributed by atoms with E-state index in [2.05, 4.69) is 49.0 Å². The molecule has 0 saturated carbocycles. The first-order chi connectivity index (χ1) is 7.22. The van der Waals surface area contributed by atoms with E-state index in [1.54, 1.807) is 17.6 Å². The molecule has 2 aromatic heterocycles. The number of aromatic nitrogens is 2. The van der Waals surface area contributed by atoms with Gasteiger partial charge in [0, 0.05) is 0 Å². The van der Waals surface area contributed by atoms with Crippen LogP contribution in [0.4, 0.5) is 0 Å². The number of hydrogen-bond acceptors (Lipinski definition) is 4. The van der Waals surface area contributed by atoms with Crippen molar-refractivity contribution < 1.29 is 4.42 Å². The van der Waals surface area contributed by atoms with Crippen LogP contribution in [-0.4, -0.2) is 10.2 Å². The molecule has 0 amide bonds. The van der Waals surface area contributed by atoms with Crippen molar-refractivity contribution >= 4 is 43.2 Å². The highest BCUT2D eigenvalue weighted by Gasteiger charge is 2.15. The lowest BCUT2D eigenvalue weighted by atomic mass is 10.4. The van der Waals surface area contributed by atoms with Crippen molar-refractivity contribution in [3.63, 3.8) is 0 Å². The van der Waals surface area contributed by atoms with Gasteiger partial charge in [-0.2, -0.15) is 0 Å². The number of furan rings is 1. The Morgan fingerprint density at radius 2 is 2.33 bits per heavy atom. The zero-order valence-electron chi connectivity index (χ0n) is 7.91. The Morgan fingerprint density at radius 1 is 1.53 bits per heavy atom. The second-order valence-corrected chi connectivity index (χ2v) is 5.76. The van der Waals surface area contributed by atoms with Crippen LogP contribution in [0, 0.1) is 0 Å². The largest absolute Gasteiger partial charge is 0.457 e. The van der Waals surface area contributed by atoms with Gasteiger partial charge in [-0.3, -0.25) is 0 Å². The summed E-state index contributed by atoms with van der Waals surface area (Å²) < 4.78 is 5.86. The fourth-order valence-electron chi connectivity index (χ4n) is 1.09. The fourth-order valence-corrected chi connectivity index (χ4v) is 2.95. The molecule has 0 radical (unpaired) electrons. The Kier molecular flexibility index (Phi) is 3.58. The summed E-state index contributed by atoms with van der Waals surface area (Å²) in [6.07, 6.45) is 2.63. The molecule has 2 aromatic rings. The van der Waals surface area contributed by atoms with Gasteiger partial charge in [0.1, 0.15) is 5.01 Å². The van der Waals surface area contributed by atoms with Gasteiger partial charge in [-0.1, -0.05) is 34.2 Å². The van der Waals surface area contributed by atoms with Crippen LogP contribution < -0.4 is 0 Å². The van der Waals surface area contributed by atoms with Gasteiger partial charge in [0.2, 0.25) is 0 Å². The second kappa shape index (κ2) is 4.76. The summed E-state index contributed by atoms with van der Waals surface area (Å²) in [6.45, 7) is 2.11. The smallest absolute Gasteiger partial charge is 0.179 e. The third-order valence-corrected chi connectivity index (χ3v) is 4.98. The van der Waals surface area contributed by atoms with Gasteiger partial charge in [0.05, 0.1) is 16.7 Å². The van der Waals surface area contributed by atoms with Gasteiger partial charge >= 0.3 is 0 Å². The van der Waals surface area contributed by atoms with Crippen molar-refractivity contribution in [1.29, 1.82) is 0 Å². The van der Waals surface area contributed by atoms with E-state index < -0.39 is 0 Å². The van der Waals surface area contributed by atoms with Gasteiger partial charge in [-0.15, -0.1) is 10.2 Å². The van der Waals surface area contributed by atoms with Crippen LogP contribution in [-0.2, 0) is 0 Å². The predicted octanol–water partition coefficient (Wildman–Crippen LogP) is 4.41. The molecule has 0 aliphatic rings. The summed E-state index contributed by atoms with van der Waals surface area (Å²) in [5, 5.41) is 10.2. The standard InChI is InChI=1S/C9H8Br2N2OS/c1-2-6(10)9-13-12-8(15-9)5-3-4-14-7(5)11/h3-4,6H,2H2,1H3. The third kappa shape index (κ3) is 2.32. The second-order valence-electron chi connectivity index (χ2n) is 2.93. The molecule has 0 bridgehead atoms. The van der Waals surface area contributed by atoms with Gasteiger partial charge in [0.25, 0.3) is 0 Å². The van der Waals surface area contributed by atoms with Crippen molar-refractivity contribution in [2.24, 2.45) is 0 Å². The molecule has 3 nitrogen and oxygen atoms in total. The van der Waals surface area contributed by atoms with E-state index in [4.69, 9.17) is 4.42 Å². The third-order valence-electron chi connectivity index (χ3n) is 1.92. The Labute approximate surface area is 108 Å². The number of hydrogen-bond donors (Lipinski definition) is 0. The van der Waals surface area contributed by atoms with Gasteiger partial charge in [-0.05, 0) is 28.4 Å². The number of halogens is 2. The molecular weight excluding hydrogens is 344 g/mol. The van der Waals surface area contributed by atoms with Crippen LogP contribution >= 0.6 is 43.2 Å². The van der Waals surface area contributed by atoms with Crippen LogP contribution in [0.5, 0.6) is 0 Å². The average Bonchev–Trinajstić information content (AvgIpc) is 2.84. The molecule has 80 valence electrons. The van der Waals surface area contributed by atoms with Crippen LogP contribution in [0.3, 0.4) is 0 Å². The van der Waals surface area contributed by atoms with E-state index in [1.165, 1.54) is 0 Å². The van der Waals surface area contributed by atoms with Crippen LogP contribution in [0.25, 0.3) is 10.6 Å². The first kappa shape index (κ1) is 11.3. The summed E-state index contributed by atoms with van der Waals surface area (Å²) >= 11 is 8.46. The lowest BCUT2D eigenvalue weighted by molar-refractivity contribution is 0.542. The van der Waals surface area contributed by atoms with Crippen LogP contribution in [0.1, 0.15) is 23.2 Å². The normalized spacial score (nSPS) is 13.0. The topological polar surface area (TPSA) is 38.9 Å². The van der Waals surface area contributed by atoms with Gasteiger partial charge in [0.15, 0.2) is 9.68 Å². The molecule has 2 heterocycles. The molecule has 0 aliphatic heterocycles. The number of rotatable bonds is 3. The molecule has 2 rings (SSSR count). The SMILES string of the molecule is CCC(Br)c1nnc(-c2ccoc2Br)s1. The zero-order chi connectivity index (χ0) is 10.8. The molecule has 6 heteroatoms. The van der Waals surface area contributed by atoms with Crippen molar-refractivity contribution in [3.8, 4) is 10.6 Å². The Morgan fingerprint density at radius 3 is 2.93 bits per heavy atom. The van der Waals surface area contributed by atoms with E-state index in [-0.39, 0.29) is 4.83 Å². The molecular formula is C9H8Br2N2OS. The zero-order valence-corrected chi connectivity index (χ0v) is 11.9. The van der Waals surface area contributed by atoms with E-state index >= 15 is 0 Å². The molecule has 0 fully saturated rings. The summed E-state index contributed by atoms with van der Waals surface area (Å²) in [6, 6.07) is 1.88. The molecule has 0 saturated heterocycles. The van der Waals surface area contributed by atoms with Gasteiger partial charge < -0.3 is 4.42 Å². The Hall–Kier alpha value is -0.200. The molecule has 0 N–H and O–H groups in total. The maximum Gasteiger partial charge on any atom is 0.179 e. The van der Waals surface area contributed by atoms with Crippen molar-refractivity contribution in [2.75, 3.05) is 0 Å². The number of nitrogens with zero attached hydrogens (tertiary/aromatic N) is 2. The van der Waals surface area contributed by atoms with E-state index in [9.17, 15) is 0 Å². The summed E-state index contributed by atoms with van der Waals surface area (Å²) in [4.78, 5) is 0.287. The van der Waals surface area contributed by atoms with Crippen LogP contribution in [0.2, 0.25) is 0 Å². The lowest BCUT2D eigenvalue weighted by Gasteiger charge is -1.97. The maximum atomic E-state index is 5.16. The number of alkyl halides is 1. The lowest BCUT2D eigenvalue weighted by Crippen LogP contribution is -1.84. The predicted molar refractivity (Wildman–Crippen MR) is 67.3 cm³/mol. The van der Waals surface area contributed by atoms with E-state index in [0.717, 1.165) is 22.0 Å². The minimum Gasteiger partial charge on any atom is -0.457 e.